The van der Waals surface area contributed by atoms with Crippen molar-refractivity contribution in [2.75, 3.05) is 7.05 Å². The Labute approximate surface area is 68.3 Å². The molecular formula is C9H15NO. The van der Waals surface area contributed by atoms with E-state index < -0.39 is 0 Å². The molecule has 0 amide bonds. The molecule has 0 aliphatic heterocycles. The summed E-state index contributed by atoms with van der Waals surface area (Å²) in [6.45, 7) is 9.22. The van der Waals surface area contributed by atoms with Crippen molar-refractivity contribution in [1.29, 1.82) is 0 Å². The molecule has 2 heteroatoms. The van der Waals surface area contributed by atoms with Crippen LogP contribution in [-0.4, -0.2) is 7.05 Å². The second-order valence-electron chi connectivity index (χ2n) is 2.00. The fourth-order valence-corrected chi connectivity index (χ4v) is 0.565. The molecular weight excluding hydrogens is 138 g/mol. The summed E-state index contributed by atoms with van der Waals surface area (Å²) in [5.74, 6) is 1.42. The molecule has 0 aliphatic rings. The van der Waals surface area contributed by atoms with Gasteiger partial charge in [0.25, 0.3) is 0 Å². The average molecular weight is 153 g/mol. The Hall–Kier alpha value is -1.18. The molecule has 0 aromatic rings. The van der Waals surface area contributed by atoms with E-state index in [1.54, 1.807) is 13.1 Å². The maximum atomic E-state index is 5.27. The predicted octanol–water partition coefficient (Wildman–Crippen LogP) is 2.17. The lowest BCUT2D eigenvalue weighted by molar-refractivity contribution is 0.273. The smallest absolute Gasteiger partial charge is 0.185 e. The zero-order valence-electron chi connectivity index (χ0n) is 7.18. The van der Waals surface area contributed by atoms with Crippen molar-refractivity contribution in [3.8, 4) is 0 Å². The van der Waals surface area contributed by atoms with E-state index in [4.69, 9.17) is 4.74 Å². The second kappa shape index (κ2) is 5.59. The van der Waals surface area contributed by atoms with Crippen LogP contribution in [0.25, 0.3) is 0 Å². The van der Waals surface area contributed by atoms with Crippen molar-refractivity contribution in [2.45, 2.75) is 13.3 Å². The monoisotopic (exact) mass is 153 g/mol. The number of nitrogens with one attached hydrogen (secondary N) is 1. The topological polar surface area (TPSA) is 21.3 Å². The Morgan fingerprint density at radius 3 is 2.64 bits per heavy atom. The highest BCUT2D eigenvalue weighted by molar-refractivity contribution is 5.05. The normalized spacial score (nSPS) is 10.5. The van der Waals surface area contributed by atoms with Crippen molar-refractivity contribution in [3.05, 3.63) is 37.0 Å². The van der Waals surface area contributed by atoms with E-state index in [2.05, 4.69) is 18.5 Å². The number of ether oxygens (including phenoxy) is 1. The molecule has 0 spiro atoms. The Morgan fingerprint density at radius 2 is 2.27 bits per heavy atom. The van der Waals surface area contributed by atoms with Gasteiger partial charge >= 0.3 is 0 Å². The fraction of sp³-hybridized carbons (Fsp3) is 0.333. The molecule has 0 aliphatic carbocycles. The molecule has 0 saturated heterocycles. The quantitative estimate of drug-likeness (QED) is 0.483. The van der Waals surface area contributed by atoms with Crippen molar-refractivity contribution < 1.29 is 4.74 Å². The van der Waals surface area contributed by atoms with E-state index in [0.29, 0.717) is 5.88 Å². The minimum Gasteiger partial charge on any atom is -0.446 e. The highest BCUT2D eigenvalue weighted by Gasteiger charge is 1.94. The van der Waals surface area contributed by atoms with Crippen molar-refractivity contribution in [1.82, 2.24) is 5.32 Å². The first kappa shape index (κ1) is 9.82. The number of allylic oxidation sites excluding steroid dienone is 3. The molecule has 0 bridgehead atoms. The molecule has 1 N–H and O–H groups in total. The summed E-state index contributed by atoms with van der Waals surface area (Å²) in [5, 5.41) is 2.80. The number of hydrogen-bond donors (Lipinski definition) is 1. The predicted molar refractivity (Wildman–Crippen MR) is 47.9 cm³/mol. The van der Waals surface area contributed by atoms with E-state index in [1.807, 2.05) is 13.0 Å². The summed E-state index contributed by atoms with van der Waals surface area (Å²) in [6, 6.07) is 0. The fourth-order valence-electron chi connectivity index (χ4n) is 0.565. The van der Waals surface area contributed by atoms with E-state index in [9.17, 15) is 0 Å². The minimum absolute atomic E-state index is 0.556. The lowest BCUT2D eigenvalue weighted by atomic mass is 10.3. The summed E-state index contributed by atoms with van der Waals surface area (Å²) in [5.41, 5.74) is 0. The maximum Gasteiger partial charge on any atom is 0.185 e. The van der Waals surface area contributed by atoms with Crippen LogP contribution in [0.3, 0.4) is 0 Å². The Bertz CT molecular complexity index is 170. The molecule has 2 nitrogen and oxygen atoms in total. The molecule has 0 aromatic carbocycles. The minimum atomic E-state index is 0.556. The van der Waals surface area contributed by atoms with Crippen LogP contribution in [0, 0.1) is 0 Å². The molecule has 0 radical (unpaired) electrons. The molecule has 0 atom stereocenters. The molecule has 0 rings (SSSR count). The third-order valence-electron chi connectivity index (χ3n) is 1.19. The van der Waals surface area contributed by atoms with Crippen LogP contribution >= 0.6 is 0 Å². The van der Waals surface area contributed by atoms with E-state index in [-0.39, 0.29) is 0 Å². The van der Waals surface area contributed by atoms with Gasteiger partial charge in [-0.1, -0.05) is 19.6 Å². The van der Waals surface area contributed by atoms with Crippen LogP contribution in [0.2, 0.25) is 0 Å². The maximum absolute atomic E-state index is 5.27. The van der Waals surface area contributed by atoms with Crippen LogP contribution in [0.5, 0.6) is 0 Å². The number of rotatable bonds is 5. The van der Waals surface area contributed by atoms with Gasteiger partial charge in [-0.05, 0) is 12.7 Å². The Kier molecular flexibility index (Phi) is 4.99. The van der Waals surface area contributed by atoms with Gasteiger partial charge in [0.05, 0.1) is 0 Å². The van der Waals surface area contributed by atoms with Gasteiger partial charge in [-0.3, -0.25) is 0 Å². The van der Waals surface area contributed by atoms with E-state index in [0.717, 1.165) is 12.2 Å². The van der Waals surface area contributed by atoms with Crippen LogP contribution < -0.4 is 5.32 Å². The third-order valence-corrected chi connectivity index (χ3v) is 1.19. The van der Waals surface area contributed by atoms with Gasteiger partial charge in [-0.15, -0.1) is 0 Å². The zero-order chi connectivity index (χ0) is 8.69. The first-order valence-electron chi connectivity index (χ1n) is 3.60. The largest absolute Gasteiger partial charge is 0.446 e. The van der Waals surface area contributed by atoms with Gasteiger partial charge in [-0.25, -0.2) is 0 Å². The highest BCUT2D eigenvalue weighted by atomic mass is 16.5. The molecule has 62 valence electrons. The molecule has 0 saturated carbocycles. The highest BCUT2D eigenvalue weighted by Crippen LogP contribution is 2.05. The Morgan fingerprint density at radius 1 is 1.64 bits per heavy atom. The Balaban J connectivity index is 3.97. The van der Waals surface area contributed by atoms with Crippen LogP contribution in [0.15, 0.2) is 37.0 Å². The summed E-state index contributed by atoms with van der Waals surface area (Å²) in [4.78, 5) is 0. The first-order valence-corrected chi connectivity index (χ1v) is 3.60. The molecule has 0 fully saturated rings. The first-order chi connectivity index (χ1) is 5.24. The lowest BCUT2D eigenvalue weighted by Crippen LogP contribution is -2.07. The van der Waals surface area contributed by atoms with Gasteiger partial charge < -0.3 is 10.1 Å². The van der Waals surface area contributed by atoms with Gasteiger partial charge in [0.1, 0.15) is 5.76 Å². The number of hydrogen-bond acceptors (Lipinski definition) is 2. The summed E-state index contributed by atoms with van der Waals surface area (Å²) in [7, 11) is 1.77. The van der Waals surface area contributed by atoms with Gasteiger partial charge in [0.2, 0.25) is 0 Å². The van der Waals surface area contributed by atoms with Gasteiger partial charge in [-0.2, -0.15) is 0 Å². The third kappa shape index (κ3) is 4.25. The van der Waals surface area contributed by atoms with Gasteiger partial charge in [0.15, 0.2) is 5.88 Å². The van der Waals surface area contributed by atoms with Crippen molar-refractivity contribution in [3.63, 3.8) is 0 Å². The molecule has 0 unspecified atom stereocenters. The summed E-state index contributed by atoms with van der Waals surface area (Å²) in [6.07, 6.45) is 4.36. The summed E-state index contributed by atoms with van der Waals surface area (Å²) >= 11 is 0. The van der Waals surface area contributed by atoms with Crippen molar-refractivity contribution >= 4 is 0 Å². The van der Waals surface area contributed by atoms with Crippen molar-refractivity contribution in [2.24, 2.45) is 0 Å². The van der Waals surface area contributed by atoms with Crippen LogP contribution in [0.1, 0.15) is 13.3 Å². The standard InChI is InChI=1S/C9H15NO/c1-5-7-9(6-2)11-8(3)10-4/h5,7,10H,1,3,6H2,2,4H3/b9-7+. The lowest BCUT2D eigenvalue weighted by Gasteiger charge is -2.08. The zero-order valence-corrected chi connectivity index (χ0v) is 7.18. The SMILES string of the molecule is C=C/C=C(\CC)OC(=C)NC. The average Bonchev–Trinajstić information content (AvgIpc) is 2.03. The van der Waals surface area contributed by atoms with Gasteiger partial charge in [0, 0.05) is 13.5 Å². The molecule has 11 heavy (non-hydrogen) atoms. The van der Waals surface area contributed by atoms with E-state index >= 15 is 0 Å². The second-order valence-corrected chi connectivity index (χ2v) is 2.00. The van der Waals surface area contributed by atoms with Crippen LogP contribution in [-0.2, 0) is 4.74 Å². The molecule has 0 aromatic heterocycles. The van der Waals surface area contributed by atoms with Crippen LogP contribution in [0.4, 0.5) is 0 Å². The molecule has 0 heterocycles. The summed E-state index contributed by atoms with van der Waals surface area (Å²) < 4.78 is 5.27. The van der Waals surface area contributed by atoms with E-state index in [1.165, 1.54) is 0 Å².